The molecular weight excluding hydrogens is 811 g/mol. The zero-order valence-electron chi connectivity index (χ0n) is 40.9. The summed E-state index contributed by atoms with van der Waals surface area (Å²) in [6.07, 6.45) is 23.2. The Labute approximate surface area is 379 Å². The molecule has 8 heterocycles. The minimum absolute atomic E-state index is 0.366. The largest absolute Gasteiger partial charge is 0.348 e. The molecule has 0 unspecified atom stereocenters. The van der Waals surface area contributed by atoms with Crippen LogP contribution in [0.5, 0.6) is 0 Å². The van der Waals surface area contributed by atoms with Crippen molar-refractivity contribution in [3.63, 3.8) is 0 Å². The monoisotopic (exact) mass is 886 g/mol. The Morgan fingerprint density at radius 2 is 1.33 bits per heavy atom. The van der Waals surface area contributed by atoms with Gasteiger partial charge < -0.3 is 14.5 Å². The molecule has 0 aliphatic heterocycles. The van der Waals surface area contributed by atoms with Crippen molar-refractivity contribution >= 4 is 0 Å². The van der Waals surface area contributed by atoms with E-state index in [0.29, 0.717) is 47.7 Å². The molecule has 0 spiro atoms. The number of tetrazole rings is 2. The number of nitrogens with one attached hydrogen (secondary N) is 5. The topological polar surface area (TPSA) is 261 Å². The van der Waals surface area contributed by atoms with Gasteiger partial charge >= 0.3 is 0 Å². The normalized spacial score (nSPS) is 10.4. The standard InChI is InChI=1S/5C6H10N2.C5H9N3.2C4H8N4/c1-5(2)6-3-7-4-8-6;1-5(2)6-3-7-8-4-6;1-6(2)8-4-3-7-5-8;1-5(2)6-7-3-4-8-6;1-5(2)6-3-4-7-8-6;1-5(2)8-4-6-3-7-8;1-4(2)8-3-5-6-7-8;1-3(2)4-5-7-8-6-4/h2*3-5H,1-2H3,(H,7,8);3-6H,1-2H3;2*3-5H,1-2H3,(H,7,8);3-5H,1-2H3;3-4H,1-2H3;3H,1-2H3,(H,5,6,7,8). The van der Waals surface area contributed by atoms with E-state index in [2.05, 4.69) is 179 Å². The maximum absolute atomic E-state index is 4.06. The molecule has 0 amide bonds. The van der Waals surface area contributed by atoms with Gasteiger partial charge in [-0.15, -0.1) is 15.3 Å². The van der Waals surface area contributed by atoms with Crippen LogP contribution < -0.4 is 0 Å². The van der Waals surface area contributed by atoms with Gasteiger partial charge in [0.15, 0.2) is 5.82 Å². The molecule has 0 saturated carbocycles. The first-order valence-electron chi connectivity index (χ1n) is 21.7. The highest BCUT2D eigenvalue weighted by molar-refractivity contribution is 5.07. The van der Waals surface area contributed by atoms with Gasteiger partial charge in [0.2, 0.25) is 0 Å². The summed E-state index contributed by atoms with van der Waals surface area (Å²) in [7, 11) is 0. The van der Waals surface area contributed by atoms with Crippen LogP contribution in [0.15, 0.2) is 87.3 Å². The lowest BCUT2D eigenvalue weighted by atomic mass is 10.1. The fourth-order valence-electron chi connectivity index (χ4n) is 4.22. The fraction of sp³-hybridized carbons (Fsp3) is 0.558. The fourth-order valence-corrected chi connectivity index (χ4v) is 4.22. The summed E-state index contributed by atoms with van der Waals surface area (Å²) >= 11 is 0. The van der Waals surface area contributed by atoms with E-state index in [1.54, 1.807) is 53.3 Å². The van der Waals surface area contributed by atoms with Crippen LogP contribution in [0.3, 0.4) is 0 Å². The van der Waals surface area contributed by atoms with Crippen molar-refractivity contribution in [2.75, 3.05) is 0 Å². The molecule has 64 heavy (non-hydrogen) atoms. The molecule has 0 aromatic carbocycles. The summed E-state index contributed by atoms with van der Waals surface area (Å²) in [6, 6.07) is 3.32. The van der Waals surface area contributed by atoms with Gasteiger partial charge in [-0.3, -0.25) is 14.9 Å². The molecule has 21 heteroatoms. The second kappa shape index (κ2) is 32.1. The van der Waals surface area contributed by atoms with Crippen LogP contribution in [0, 0.1) is 0 Å². The van der Waals surface area contributed by atoms with Crippen molar-refractivity contribution in [2.24, 2.45) is 0 Å². The summed E-state index contributed by atoms with van der Waals surface area (Å²) in [5, 5.41) is 41.2. The summed E-state index contributed by atoms with van der Waals surface area (Å²) in [5.74, 6) is 4.44. The molecule has 0 saturated heterocycles. The smallest absolute Gasteiger partial charge is 0.177 e. The van der Waals surface area contributed by atoms with Crippen molar-refractivity contribution in [3.8, 4) is 0 Å². The Morgan fingerprint density at radius 1 is 0.609 bits per heavy atom. The number of rotatable bonds is 8. The second-order valence-electron chi connectivity index (χ2n) is 16.5. The van der Waals surface area contributed by atoms with Gasteiger partial charge in [-0.05, 0) is 81.4 Å². The van der Waals surface area contributed by atoms with Gasteiger partial charge in [-0.2, -0.15) is 20.5 Å². The van der Waals surface area contributed by atoms with Crippen molar-refractivity contribution in [3.05, 3.63) is 116 Å². The lowest BCUT2D eigenvalue weighted by Gasteiger charge is -2.02. The number of hydrogen-bond acceptors (Lipinski definition) is 13. The second-order valence-corrected chi connectivity index (χ2v) is 16.5. The SMILES string of the molecule is CC(C)c1ccn[nH]1.CC(C)c1cn[nH]c1.CC(C)c1cnc[nH]1.CC(C)c1ncc[nH]1.CC(C)c1nn[nH]n1.CC(C)n1ccnc1.CC(C)n1cncn1.CC(C)n1cnnn1. The van der Waals surface area contributed by atoms with Crippen LogP contribution >= 0.6 is 0 Å². The number of aromatic nitrogens is 21. The van der Waals surface area contributed by atoms with E-state index in [4.69, 9.17) is 0 Å². The molecule has 0 bridgehead atoms. The summed E-state index contributed by atoms with van der Waals surface area (Å²) in [5.41, 5.74) is 3.67. The molecule has 8 rings (SSSR count). The third kappa shape index (κ3) is 24.7. The molecule has 0 aliphatic carbocycles. The van der Waals surface area contributed by atoms with Gasteiger partial charge in [0, 0.05) is 84.7 Å². The third-order valence-corrected chi connectivity index (χ3v) is 8.40. The maximum Gasteiger partial charge on any atom is 0.177 e. The quantitative estimate of drug-likeness (QED) is 0.0955. The number of imidazole rings is 3. The van der Waals surface area contributed by atoms with Crippen molar-refractivity contribution in [2.45, 2.75) is 158 Å². The Morgan fingerprint density at radius 3 is 1.58 bits per heavy atom. The lowest BCUT2D eigenvalue weighted by molar-refractivity contribution is 0.514. The molecule has 8 aromatic rings. The van der Waals surface area contributed by atoms with Crippen LogP contribution in [-0.4, -0.2) is 105 Å². The van der Waals surface area contributed by atoms with E-state index >= 15 is 0 Å². The van der Waals surface area contributed by atoms with E-state index in [9.17, 15) is 0 Å². The zero-order valence-corrected chi connectivity index (χ0v) is 40.9. The van der Waals surface area contributed by atoms with E-state index in [-0.39, 0.29) is 0 Å². The van der Waals surface area contributed by atoms with Gasteiger partial charge in [-0.25, -0.2) is 24.6 Å². The predicted molar refractivity (Wildman–Crippen MR) is 250 cm³/mol. The molecule has 0 fully saturated rings. The van der Waals surface area contributed by atoms with Gasteiger partial charge in [0.25, 0.3) is 0 Å². The summed E-state index contributed by atoms with van der Waals surface area (Å²) in [4.78, 5) is 21.7. The highest BCUT2D eigenvalue weighted by Gasteiger charge is 2.01. The number of H-pyrrole nitrogens is 5. The Hall–Kier alpha value is -6.67. The first kappa shape index (κ1) is 55.3. The van der Waals surface area contributed by atoms with Crippen molar-refractivity contribution in [1.29, 1.82) is 0 Å². The molecule has 0 aliphatic rings. The van der Waals surface area contributed by atoms with E-state index in [1.807, 2.05) is 71.1 Å². The molecule has 352 valence electrons. The first-order chi connectivity index (χ1) is 30.4. The summed E-state index contributed by atoms with van der Waals surface area (Å²) in [6.45, 7) is 33.5. The number of aromatic amines is 5. The molecule has 21 nitrogen and oxygen atoms in total. The number of hydrogen-bond donors (Lipinski definition) is 5. The van der Waals surface area contributed by atoms with E-state index in [0.717, 1.165) is 11.6 Å². The predicted octanol–water partition coefficient (Wildman–Crippen LogP) is 9.03. The average Bonchev–Trinajstić information content (AvgIpc) is 4.12. The molecular formula is C43H75N21. The van der Waals surface area contributed by atoms with Gasteiger partial charge in [0.05, 0.1) is 18.9 Å². The van der Waals surface area contributed by atoms with Crippen LogP contribution in [0.1, 0.15) is 187 Å². The molecule has 5 N–H and O–H groups in total. The van der Waals surface area contributed by atoms with Crippen LogP contribution in [0.25, 0.3) is 0 Å². The Kier molecular flexibility index (Phi) is 27.7. The minimum atomic E-state index is 0.366. The lowest BCUT2D eigenvalue weighted by Crippen LogP contribution is -2.00. The van der Waals surface area contributed by atoms with Gasteiger partial charge in [-0.1, -0.05) is 74.5 Å². The molecule has 0 radical (unpaired) electrons. The van der Waals surface area contributed by atoms with Crippen LogP contribution in [-0.2, 0) is 0 Å². The van der Waals surface area contributed by atoms with E-state index < -0.39 is 0 Å². The zero-order chi connectivity index (χ0) is 47.9. The average molecular weight is 886 g/mol. The molecule has 8 aromatic heterocycles. The highest BCUT2D eigenvalue weighted by Crippen LogP contribution is 2.10. The minimum Gasteiger partial charge on any atom is -0.348 e. The molecule has 0 atom stereocenters. The van der Waals surface area contributed by atoms with Gasteiger partial charge in [0.1, 0.15) is 24.8 Å². The van der Waals surface area contributed by atoms with Crippen molar-refractivity contribution in [1.82, 2.24) is 105 Å². The number of nitrogens with zero attached hydrogens (tertiary/aromatic N) is 16. The van der Waals surface area contributed by atoms with Crippen LogP contribution in [0.2, 0.25) is 0 Å². The maximum atomic E-state index is 4.06. The van der Waals surface area contributed by atoms with Crippen molar-refractivity contribution < 1.29 is 0 Å². The third-order valence-electron chi connectivity index (χ3n) is 8.40. The van der Waals surface area contributed by atoms with E-state index in [1.165, 1.54) is 17.0 Å². The highest BCUT2D eigenvalue weighted by atomic mass is 15.5. The first-order valence-corrected chi connectivity index (χ1v) is 21.7. The Bertz CT molecular complexity index is 1600. The summed E-state index contributed by atoms with van der Waals surface area (Å²) < 4.78 is 5.56. The van der Waals surface area contributed by atoms with Crippen LogP contribution in [0.4, 0.5) is 0 Å². The Balaban J connectivity index is 0.000000366.